The number of halogens is 1. The zero-order valence-electron chi connectivity index (χ0n) is 15.5. The van der Waals surface area contributed by atoms with Gasteiger partial charge in [-0.05, 0) is 43.2 Å². The molecule has 2 aromatic carbocycles. The summed E-state index contributed by atoms with van der Waals surface area (Å²) in [5.41, 5.74) is 1.34. The van der Waals surface area contributed by atoms with Gasteiger partial charge in [-0.2, -0.15) is 0 Å². The molecule has 1 atom stereocenters. The van der Waals surface area contributed by atoms with Crippen LogP contribution in [0.5, 0.6) is 0 Å². The van der Waals surface area contributed by atoms with E-state index in [9.17, 15) is 9.59 Å². The number of rotatable bonds is 4. The van der Waals surface area contributed by atoms with Crippen molar-refractivity contribution < 1.29 is 19.1 Å². The maximum atomic E-state index is 13.2. The third kappa shape index (κ3) is 3.97. The van der Waals surface area contributed by atoms with Crippen LogP contribution in [0.2, 0.25) is 5.02 Å². The van der Waals surface area contributed by atoms with Gasteiger partial charge in [-0.3, -0.25) is 9.59 Å². The number of hydrogen-bond acceptors (Lipinski definition) is 4. The molecule has 0 bridgehead atoms. The van der Waals surface area contributed by atoms with E-state index in [0.29, 0.717) is 48.0 Å². The van der Waals surface area contributed by atoms with Crippen molar-refractivity contribution in [3.05, 3.63) is 70.2 Å². The molecule has 2 aliphatic heterocycles. The molecule has 146 valence electrons. The summed E-state index contributed by atoms with van der Waals surface area (Å²) in [5, 5.41) is 0.566. The Morgan fingerprint density at radius 3 is 2.36 bits per heavy atom. The van der Waals surface area contributed by atoms with Crippen LogP contribution in [0.15, 0.2) is 48.5 Å². The average molecular weight is 400 g/mol. The van der Waals surface area contributed by atoms with E-state index in [1.807, 2.05) is 4.90 Å². The average Bonchev–Trinajstić information content (AvgIpc) is 3.28. The quantitative estimate of drug-likeness (QED) is 0.734. The molecule has 5 nitrogen and oxygen atoms in total. The van der Waals surface area contributed by atoms with E-state index in [1.165, 1.54) is 0 Å². The number of piperidine rings is 1. The van der Waals surface area contributed by atoms with Gasteiger partial charge >= 0.3 is 0 Å². The SMILES string of the molecule is O=C(c1ccc(Cl)cc1)c1ccccc1C(=O)N1CCCC(C2OCCO2)C1. The minimum Gasteiger partial charge on any atom is -0.350 e. The summed E-state index contributed by atoms with van der Waals surface area (Å²) >= 11 is 5.92. The van der Waals surface area contributed by atoms with E-state index in [2.05, 4.69) is 0 Å². The van der Waals surface area contributed by atoms with Crippen LogP contribution in [0.3, 0.4) is 0 Å². The summed E-state index contributed by atoms with van der Waals surface area (Å²) in [7, 11) is 0. The Labute approximate surface area is 169 Å². The van der Waals surface area contributed by atoms with Gasteiger partial charge < -0.3 is 14.4 Å². The van der Waals surface area contributed by atoms with Gasteiger partial charge in [0, 0.05) is 35.2 Å². The molecule has 0 N–H and O–H groups in total. The highest BCUT2D eigenvalue weighted by molar-refractivity contribution is 6.30. The van der Waals surface area contributed by atoms with Crippen molar-refractivity contribution in [2.24, 2.45) is 5.92 Å². The first kappa shape index (κ1) is 19.1. The third-order valence-corrected chi connectivity index (χ3v) is 5.54. The van der Waals surface area contributed by atoms with Gasteiger partial charge in [-0.15, -0.1) is 0 Å². The highest BCUT2D eigenvalue weighted by Crippen LogP contribution is 2.27. The number of amides is 1. The molecule has 1 amide bonds. The molecular weight excluding hydrogens is 378 g/mol. The zero-order chi connectivity index (χ0) is 19.5. The van der Waals surface area contributed by atoms with E-state index in [4.69, 9.17) is 21.1 Å². The van der Waals surface area contributed by atoms with E-state index >= 15 is 0 Å². The molecule has 0 saturated carbocycles. The van der Waals surface area contributed by atoms with Crippen LogP contribution in [0.4, 0.5) is 0 Å². The van der Waals surface area contributed by atoms with Crippen molar-refractivity contribution in [3.63, 3.8) is 0 Å². The summed E-state index contributed by atoms with van der Waals surface area (Å²) in [6.07, 6.45) is 1.63. The van der Waals surface area contributed by atoms with Gasteiger partial charge in [0.2, 0.25) is 0 Å². The molecule has 1 unspecified atom stereocenters. The lowest BCUT2D eigenvalue weighted by Crippen LogP contribution is -2.44. The molecule has 2 aromatic rings. The second kappa shape index (κ2) is 8.43. The number of carbonyl (C=O) groups is 2. The number of carbonyl (C=O) groups excluding carboxylic acids is 2. The molecule has 2 heterocycles. The van der Waals surface area contributed by atoms with Crippen LogP contribution in [0.1, 0.15) is 39.1 Å². The molecule has 0 radical (unpaired) electrons. The van der Waals surface area contributed by atoms with Gasteiger partial charge in [0.1, 0.15) is 0 Å². The van der Waals surface area contributed by atoms with Crippen LogP contribution in [-0.4, -0.2) is 49.2 Å². The summed E-state index contributed by atoms with van der Waals surface area (Å²) in [5.74, 6) is -0.142. The van der Waals surface area contributed by atoms with Gasteiger partial charge in [-0.25, -0.2) is 0 Å². The summed E-state index contributed by atoms with van der Waals surface area (Å²) < 4.78 is 11.3. The Morgan fingerprint density at radius 1 is 0.964 bits per heavy atom. The van der Waals surface area contributed by atoms with E-state index < -0.39 is 0 Å². The van der Waals surface area contributed by atoms with Crippen molar-refractivity contribution in [2.45, 2.75) is 19.1 Å². The molecule has 2 aliphatic rings. The molecule has 2 saturated heterocycles. The smallest absolute Gasteiger partial charge is 0.254 e. The fraction of sp³-hybridized carbons (Fsp3) is 0.364. The second-order valence-electron chi connectivity index (χ2n) is 7.15. The lowest BCUT2D eigenvalue weighted by atomic mass is 9.94. The Balaban J connectivity index is 1.56. The minimum atomic E-state index is -0.235. The van der Waals surface area contributed by atoms with E-state index in [1.54, 1.807) is 48.5 Å². The topological polar surface area (TPSA) is 55.8 Å². The number of likely N-dealkylation sites (tertiary alicyclic amines) is 1. The predicted octanol–water partition coefficient (Wildman–Crippen LogP) is 3.80. The number of hydrogen-bond donors (Lipinski definition) is 0. The van der Waals surface area contributed by atoms with Crippen molar-refractivity contribution in [1.29, 1.82) is 0 Å². The first-order chi connectivity index (χ1) is 13.6. The normalized spacial score (nSPS) is 20.3. The van der Waals surface area contributed by atoms with Crippen molar-refractivity contribution in [3.8, 4) is 0 Å². The number of ether oxygens (including phenoxy) is 2. The van der Waals surface area contributed by atoms with Crippen molar-refractivity contribution in [1.82, 2.24) is 4.90 Å². The molecule has 0 aliphatic carbocycles. The molecule has 6 heteroatoms. The molecule has 0 aromatic heterocycles. The monoisotopic (exact) mass is 399 g/mol. The fourth-order valence-corrected chi connectivity index (χ4v) is 3.99. The van der Waals surface area contributed by atoms with E-state index in [0.717, 1.165) is 12.8 Å². The third-order valence-electron chi connectivity index (χ3n) is 5.29. The zero-order valence-corrected chi connectivity index (χ0v) is 16.2. The lowest BCUT2D eigenvalue weighted by Gasteiger charge is -2.35. The van der Waals surface area contributed by atoms with Crippen LogP contribution >= 0.6 is 11.6 Å². The Hall–Kier alpha value is -2.21. The number of nitrogens with zero attached hydrogens (tertiary/aromatic N) is 1. The van der Waals surface area contributed by atoms with Gasteiger partial charge in [-0.1, -0.05) is 29.8 Å². The second-order valence-corrected chi connectivity index (χ2v) is 7.58. The Morgan fingerprint density at radius 2 is 1.64 bits per heavy atom. The summed E-state index contributed by atoms with van der Waals surface area (Å²) in [6, 6.07) is 13.7. The first-order valence-corrected chi connectivity index (χ1v) is 9.93. The van der Waals surface area contributed by atoms with Gasteiger partial charge in [0.15, 0.2) is 12.1 Å². The maximum absolute atomic E-state index is 13.2. The summed E-state index contributed by atoms with van der Waals surface area (Å²) in [4.78, 5) is 28.0. The highest BCUT2D eigenvalue weighted by atomic mass is 35.5. The lowest BCUT2D eigenvalue weighted by molar-refractivity contribution is -0.0969. The van der Waals surface area contributed by atoms with Crippen LogP contribution < -0.4 is 0 Å². The Kier molecular flexibility index (Phi) is 5.76. The van der Waals surface area contributed by atoms with Crippen molar-refractivity contribution in [2.75, 3.05) is 26.3 Å². The van der Waals surface area contributed by atoms with Crippen LogP contribution in [0, 0.1) is 5.92 Å². The summed E-state index contributed by atoms with van der Waals surface area (Å²) in [6.45, 7) is 2.46. The number of ketones is 1. The molecule has 28 heavy (non-hydrogen) atoms. The number of benzene rings is 2. The Bertz CT molecular complexity index is 861. The van der Waals surface area contributed by atoms with Crippen LogP contribution in [-0.2, 0) is 9.47 Å². The standard InChI is InChI=1S/C22H22ClNO4/c23-17-9-7-15(8-10-17)20(25)18-5-1-2-6-19(18)21(26)24-11-3-4-16(14-24)22-27-12-13-28-22/h1-2,5-10,16,22H,3-4,11-14H2. The van der Waals surface area contributed by atoms with Gasteiger partial charge in [0.25, 0.3) is 5.91 Å². The predicted molar refractivity (Wildman–Crippen MR) is 106 cm³/mol. The molecular formula is C22H22ClNO4. The molecule has 4 rings (SSSR count). The highest BCUT2D eigenvalue weighted by Gasteiger charge is 2.33. The first-order valence-electron chi connectivity index (χ1n) is 9.55. The van der Waals surface area contributed by atoms with Crippen molar-refractivity contribution >= 4 is 23.3 Å². The molecule has 0 spiro atoms. The van der Waals surface area contributed by atoms with Gasteiger partial charge in [0.05, 0.1) is 18.8 Å². The fourth-order valence-electron chi connectivity index (χ4n) is 3.86. The maximum Gasteiger partial charge on any atom is 0.254 e. The van der Waals surface area contributed by atoms with Crippen LogP contribution in [0.25, 0.3) is 0 Å². The minimum absolute atomic E-state index is 0.124. The largest absolute Gasteiger partial charge is 0.350 e. The molecule has 2 fully saturated rings. The van der Waals surface area contributed by atoms with E-state index in [-0.39, 0.29) is 23.9 Å².